The van der Waals surface area contributed by atoms with Gasteiger partial charge in [0.25, 0.3) is 5.56 Å². The van der Waals surface area contributed by atoms with Crippen molar-refractivity contribution in [2.75, 3.05) is 0 Å². The maximum atomic E-state index is 10.8. The first kappa shape index (κ1) is 7.82. The van der Waals surface area contributed by atoms with Gasteiger partial charge in [0.15, 0.2) is 0 Å². The minimum Gasteiger partial charge on any atom is -0.273 e. The summed E-state index contributed by atoms with van der Waals surface area (Å²) in [7, 11) is 0. The van der Waals surface area contributed by atoms with Crippen LogP contribution in [0, 0.1) is 10.9 Å². The Kier molecular flexibility index (Phi) is 2.28. The van der Waals surface area contributed by atoms with Crippen molar-refractivity contribution < 1.29 is 0 Å². The SMILES string of the molecule is O=c1ccn(C#CBr)c(=O)[nH]1. The number of halogens is 1. The van der Waals surface area contributed by atoms with Crippen molar-refractivity contribution in [3.8, 4) is 10.9 Å². The summed E-state index contributed by atoms with van der Waals surface area (Å²) < 4.78 is 1.07. The maximum Gasteiger partial charge on any atom is 0.340 e. The molecule has 1 heterocycles. The fourth-order valence-corrected chi connectivity index (χ4v) is 0.742. The molecule has 4 nitrogen and oxygen atoms in total. The molecule has 0 aromatic carbocycles. The molecule has 0 saturated carbocycles. The van der Waals surface area contributed by atoms with Gasteiger partial charge in [-0.15, -0.1) is 0 Å². The van der Waals surface area contributed by atoms with Gasteiger partial charge in [-0.1, -0.05) is 0 Å². The topological polar surface area (TPSA) is 54.9 Å². The number of aromatic amines is 1. The van der Waals surface area contributed by atoms with Gasteiger partial charge in [-0.05, 0) is 4.83 Å². The smallest absolute Gasteiger partial charge is 0.273 e. The highest BCUT2D eigenvalue weighted by Crippen LogP contribution is 1.71. The van der Waals surface area contributed by atoms with E-state index < -0.39 is 11.2 Å². The van der Waals surface area contributed by atoms with E-state index >= 15 is 0 Å². The molecule has 0 saturated heterocycles. The first-order chi connectivity index (χ1) is 5.24. The van der Waals surface area contributed by atoms with Crippen molar-refractivity contribution in [2.45, 2.75) is 0 Å². The summed E-state index contributed by atoms with van der Waals surface area (Å²) in [5.74, 6) is 0. The van der Waals surface area contributed by atoms with Gasteiger partial charge in [-0.3, -0.25) is 9.78 Å². The third-order valence-corrected chi connectivity index (χ3v) is 1.16. The van der Waals surface area contributed by atoms with E-state index in [1.807, 2.05) is 0 Å². The molecule has 0 spiro atoms. The second-order valence-electron chi connectivity index (χ2n) is 1.69. The van der Waals surface area contributed by atoms with E-state index in [4.69, 9.17) is 0 Å². The quantitative estimate of drug-likeness (QED) is 0.604. The third-order valence-electron chi connectivity index (χ3n) is 0.987. The minimum absolute atomic E-state index is 0.428. The summed E-state index contributed by atoms with van der Waals surface area (Å²) in [6.45, 7) is 0. The van der Waals surface area contributed by atoms with Gasteiger partial charge in [0.05, 0.1) is 0 Å². The predicted molar refractivity (Wildman–Crippen MR) is 43.4 cm³/mol. The molecule has 11 heavy (non-hydrogen) atoms. The van der Waals surface area contributed by atoms with Crippen LogP contribution in [-0.2, 0) is 0 Å². The lowest BCUT2D eigenvalue weighted by Crippen LogP contribution is -2.26. The van der Waals surface area contributed by atoms with Crippen molar-refractivity contribution in [3.05, 3.63) is 33.1 Å². The molecule has 0 aliphatic carbocycles. The van der Waals surface area contributed by atoms with E-state index in [0.717, 1.165) is 4.57 Å². The van der Waals surface area contributed by atoms with Gasteiger partial charge in [-0.25, -0.2) is 9.36 Å². The van der Waals surface area contributed by atoms with Crippen molar-refractivity contribution in [2.24, 2.45) is 0 Å². The molecule has 1 rings (SSSR count). The van der Waals surface area contributed by atoms with Crippen molar-refractivity contribution in [1.29, 1.82) is 0 Å². The van der Waals surface area contributed by atoms with E-state index in [1.54, 1.807) is 0 Å². The highest BCUT2D eigenvalue weighted by Gasteiger charge is 1.89. The summed E-state index contributed by atoms with van der Waals surface area (Å²) in [5, 5.41) is 0. The van der Waals surface area contributed by atoms with Gasteiger partial charge in [0, 0.05) is 34.2 Å². The first-order valence-electron chi connectivity index (χ1n) is 2.67. The van der Waals surface area contributed by atoms with Crippen LogP contribution >= 0.6 is 15.9 Å². The zero-order valence-electron chi connectivity index (χ0n) is 5.30. The Morgan fingerprint density at radius 3 is 2.82 bits per heavy atom. The summed E-state index contributed by atoms with van der Waals surface area (Å²) in [5.41, 5.74) is -0.966. The lowest BCUT2D eigenvalue weighted by molar-refractivity contribution is 0.925. The molecular formula is C6H3BrN2O2. The lowest BCUT2D eigenvalue weighted by atomic mass is 10.6. The molecule has 0 bridgehead atoms. The van der Waals surface area contributed by atoms with E-state index in [9.17, 15) is 9.59 Å². The first-order valence-corrected chi connectivity index (χ1v) is 3.47. The predicted octanol–water partition coefficient (Wildman–Crippen LogP) is -0.302. The standard InChI is InChI=1S/C6H3BrN2O2/c7-2-4-9-3-1-5(10)8-6(9)11/h1,3H,(H,8,10,11). The van der Waals surface area contributed by atoms with Crippen LogP contribution in [0.4, 0.5) is 0 Å². The summed E-state index contributed by atoms with van der Waals surface area (Å²) in [6, 6.07) is 3.62. The molecule has 0 aliphatic rings. The number of rotatable bonds is 0. The largest absolute Gasteiger partial charge is 0.340 e. The van der Waals surface area contributed by atoms with Crippen molar-refractivity contribution >= 4 is 15.9 Å². The second-order valence-corrected chi connectivity index (χ2v) is 2.08. The van der Waals surface area contributed by atoms with Crippen LogP contribution in [0.5, 0.6) is 0 Å². The van der Waals surface area contributed by atoms with Crippen LogP contribution in [0.25, 0.3) is 0 Å². The van der Waals surface area contributed by atoms with E-state index in [0.29, 0.717) is 0 Å². The minimum atomic E-state index is -0.538. The van der Waals surface area contributed by atoms with E-state index in [2.05, 4.69) is 31.8 Å². The van der Waals surface area contributed by atoms with E-state index in [1.165, 1.54) is 12.3 Å². The number of aromatic nitrogens is 2. The molecule has 1 aromatic rings. The molecule has 0 amide bonds. The Morgan fingerprint density at radius 2 is 2.27 bits per heavy atom. The summed E-state index contributed by atoms with van der Waals surface area (Å²) in [4.78, 5) is 25.7. The molecular weight excluding hydrogens is 212 g/mol. The molecule has 56 valence electrons. The normalized spacial score (nSPS) is 8.45. The Labute approximate surface area is 70.0 Å². The van der Waals surface area contributed by atoms with Gasteiger partial charge < -0.3 is 0 Å². The molecule has 0 fully saturated rings. The van der Waals surface area contributed by atoms with Crippen LogP contribution in [0.3, 0.4) is 0 Å². The second kappa shape index (κ2) is 3.21. The number of hydrogen-bond acceptors (Lipinski definition) is 2. The monoisotopic (exact) mass is 214 g/mol. The fourth-order valence-electron chi connectivity index (χ4n) is 0.551. The molecule has 0 radical (unpaired) electrons. The maximum absolute atomic E-state index is 10.8. The molecule has 5 heteroatoms. The highest BCUT2D eigenvalue weighted by molar-refractivity contribution is 9.12. The number of hydrogen-bond donors (Lipinski definition) is 1. The zero-order chi connectivity index (χ0) is 8.27. The van der Waals surface area contributed by atoms with Gasteiger partial charge in [0.2, 0.25) is 0 Å². The Hall–Kier alpha value is -1.28. The van der Waals surface area contributed by atoms with E-state index in [-0.39, 0.29) is 0 Å². The van der Waals surface area contributed by atoms with Gasteiger partial charge >= 0.3 is 5.69 Å². The average molecular weight is 215 g/mol. The third kappa shape index (κ3) is 1.82. The van der Waals surface area contributed by atoms with Crippen LogP contribution in [-0.4, -0.2) is 9.55 Å². The van der Waals surface area contributed by atoms with Crippen LogP contribution in [0.15, 0.2) is 21.9 Å². The van der Waals surface area contributed by atoms with Crippen LogP contribution in [0.1, 0.15) is 0 Å². The molecule has 1 aromatic heterocycles. The fraction of sp³-hybridized carbons (Fsp3) is 0. The number of nitrogens with zero attached hydrogens (tertiary/aromatic N) is 1. The zero-order valence-corrected chi connectivity index (χ0v) is 6.88. The van der Waals surface area contributed by atoms with Crippen molar-refractivity contribution in [1.82, 2.24) is 9.55 Å². The van der Waals surface area contributed by atoms with Crippen molar-refractivity contribution in [3.63, 3.8) is 0 Å². The number of nitrogens with one attached hydrogen (secondary N) is 1. The Bertz CT molecular complexity index is 420. The lowest BCUT2D eigenvalue weighted by Gasteiger charge is -1.88. The van der Waals surface area contributed by atoms with Gasteiger partial charge in [-0.2, -0.15) is 0 Å². The Balaban J connectivity index is 3.39. The molecule has 0 unspecified atom stereocenters. The summed E-state index contributed by atoms with van der Waals surface area (Å²) in [6.07, 6.45) is 1.30. The summed E-state index contributed by atoms with van der Waals surface area (Å²) >= 11 is 2.83. The molecule has 0 atom stereocenters. The average Bonchev–Trinajstić information content (AvgIpc) is 1.95. The molecule has 1 N–H and O–H groups in total. The van der Waals surface area contributed by atoms with Crippen LogP contribution < -0.4 is 11.2 Å². The number of H-pyrrole nitrogens is 1. The highest BCUT2D eigenvalue weighted by atomic mass is 79.9. The van der Waals surface area contributed by atoms with Gasteiger partial charge in [0.1, 0.15) is 0 Å². The molecule has 0 aliphatic heterocycles. The Morgan fingerprint density at radius 1 is 1.55 bits per heavy atom. The van der Waals surface area contributed by atoms with Crippen LogP contribution in [0.2, 0.25) is 0 Å².